The summed E-state index contributed by atoms with van der Waals surface area (Å²) in [4.78, 5) is 2.10. The normalized spacial score (nSPS) is 12.1. The van der Waals surface area contributed by atoms with E-state index in [4.69, 9.17) is 15.2 Å². The maximum absolute atomic E-state index is 5.65. The summed E-state index contributed by atoms with van der Waals surface area (Å²) in [6, 6.07) is 6.03. The Kier molecular flexibility index (Phi) is 4.43. The summed E-state index contributed by atoms with van der Waals surface area (Å²) in [5.41, 5.74) is 6.67. The lowest BCUT2D eigenvalue weighted by Gasteiger charge is -2.27. The summed E-state index contributed by atoms with van der Waals surface area (Å²) in [7, 11) is 5.29. The van der Waals surface area contributed by atoms with Gasteiger partial charge in [-0.3, -0.25) is 0 Å². The molecule has 1 unspecified atom stereocenters. The SMILES string of the molecule is COc1ccc(N(C)C(C)CN)c(OC)c1. The summed E-state index contributed by atoms with van der Waals surface area (Å²) >= 11 is 0. The fourth-order valence-corrected chi connectivity index (χ4v) is 1.47. The number of nitrogens with two attached hydrogens (primary N) is 1. The maximum atomic E-state index is 5.65. The van der Waals surface area contributed by atoms with Crippen LogP contribution in [0.1, 0.15) is 6.92 Å². The molecule has 0 saturated carbocycles. The summed E-state index contributed by atoms with van der Waals surface area (Å²) in [6.45, 7) is 2.68. The predicted octanol–water partition coefficient (Wildman–Crippen LogP) is 1.49. The molecule has 4 nitrogen and oxygen atoms in total. The second-order valence-electron chi connectivity index (χ2n) is 3.73. The van der Waals surface area contributed by atoms with Crippen LogP contribution in [0.3, 0.4) is 0 Å². The van der Waals surface area contributed by atoms with Crippen molar-refractivity contribution in [2.75, 3.05) is 32.7 Å². The van der Waals surface area contributed by atoms with Crippen LogP contribution in [-0.4, -0.2) is 33.9 Å². The second kappa shape index (κ2) is 5.61. The molecule has 16 heavy (non-hydrogen) atoms. The molecule has 0 radical (unpaired) electrons. The molecule has 0 aliphatic carbocycles. The van der Waals surface area contributed by atoms with Crippen molar-refractivity contribution >= 4 is 5.69 Å². The fourth-order valence-electron chi connectivity index (χ4n) is 1.47. The molecular weight excluding hydrogens is 204 g/mol. The molecule has 0 spiro atoms. The first kappa shape index (κ1) is 12.6. The van der Waals surface area contributed by atoms with Crippen LogP contribution in [0.4, 0.5) is 5.69 Å². The van der Waals surface area contributed by atoms with Crippen molar-refractivity contribution in [3.63, 3.8) is 0 Å². The summed E-state index contributed by atoms with van der Waals surface area (Å²) in [6.07, 6.45) is 0. The van der Waals surface area contributed by atoms with E-state index in [0.717, 1.165) is 17.2 Å². The second-order valence-corrected chi connectivity index (χ2v) is 3.73. The summed E-state index contributed by atoms with van der Waals surface area (Å²) in [5.74, 6) is 1.58. The van der Waals surface area contributed by atoms with Gasteiger partial charge in [0.1, 0.15) is 11.5 Å². The van der Waals surface area contributed by atoms with Crippen LogP contribution in [0.2, 0.25) is 0 Å². The number of methoxy groups -OCH3 is 2. The number of hydrogen-bond donors (Lipinski definition) is 1. The zero-order valence-corrected chi connectivity index (χ0v) is 10.4. The number of rotatable bonds is 5. The molecule has 90 valence electrons. The zero-order chi connectivity index (χ0) is 12.1. The van der Waals surface area contributed by atoms with Gasteiger partial charge >= 0.3 is 0 Å². The van der Waals surface area contributed by atoms with Crippen molar-refractivity contribution in [3.8, 4) is 11.5 Å². The Balaban J connectivity index is 3.03. The largest absolute Gasteiger partial charge is 0.497 e. The summed E-state index contributed by atoms with van der Waals surface area (Å²) < 4.78 is 10.5. The average molecular weight is 224 g/mol. The first-order chi connectivity index (χ1) is 7.63. The predicted molar refractivity (Wildman–Crippen MR) is 66.5 cm³/mol. The van der Waals surface area contributed by atoms with Crippen molar-refractivity contribution in [3.05, 3.63) is 18.2 Å². The standard InChI is InChI=1S/C12H20N2O2/c1-9(8-13)14(2)11-6-5-10(15-3)7-12(11)16-4/h5-7,9H,8,13H2,1-4H3. The highest BCUT2D eigenvalue weighted by Gasteiger charge is 2.13. The van der Waals surface area contributed by atoms with Gasteiger partial charge in [-0.25, -0.2) is 0 Å². The van der Waals surface area contributed by atoms with Crippen molar-refractivity contribution in [2.24, 2.45) is 5.73 Å². The minimum absolute atomic E-state index is 0.266. The van der Waals surface area contributed by atoms with Gasteiger partial charge in [0.2, 0.25) is 0 Å². The van der Waals surface area contributed by atoms with Crippen molar-refractivity contribution in [1.82, 2.24) is 0 Å². The van der Waals surface area contributed by atoms with Gasteiger partial charge in [0.25, 0.3) is 0 Å². The minimum Gasteiger partial charge on any atom is -0.497 e. The molecule has 2 N–H and O–H groups in total. The Morgan fingerprint density at radius 3 is 2.50 bits per heavy atom. The molecule has 0 aliphatic rings. The van der Waals surface area contributed by atoms with Gasteiger partial charge in [0.15, 0.2) is 0 Å². The molecule has 4 heteroatoms. The lowest BCUT2D eigenvalue weighted by atomic mass is 10.2. The molecule has 0 aromatic heterocycles. The molecule has 1 rings (SSSR count). The molecular formula is C12H20N2O2. The van der Waals surface area contributed by atoms with Crippen LogP contribution in [0.15, 0.2) is 18.2 Å². The molecule has 1 aromatic carbocycles. The van der Waals surface area contributed by atoms with E-state index in [9.17, 15) is 0 Å². The van der Waals surface area contributed by atoms with Crippen LogP contribution in [-0.2, 0) is 0 Å². The average Bonchev–Trinajstić information content (AvgIpc) is 2.35. The van der Waals surface area contributed by atoms with E-state index in [1.807, 2.05) is 25.2 Å². The highest BCUT2D eigenvalue weighted by Crippen LogP contribution is 2.32. The summed E-state index contributed by atoms with van der Waals surface area (Å²) in [5, 5.41) is 0. The highest BCUT2D eigenvalue weighted by molar-refractivity contribution is 5.61. The van der Waals surface area contributed by atoms with E-state index in [1.165, 1.54) is 0 Å². The molecule has 0 heterocycles. The molecule has 1 atom stereocenters. The lowest BCUT2D eigenvalue weighted by Crippen LogP contribution is -2.35. The third-order valence-electron chi connectivity index (χ3n) is 2.77. The van der Waals surface area contributed by atoms with Crippen LogP contribution in [0.5, 0.6) is 11.5 Å². The van der Waals surface area contributed by atoms with E-state index >= 15 is 0 Å². The Hall–Kier alpha value is -1.42. The molecule has 1 aromatic rings. The van der Waals surface area contributed by atoms with Gasteiger partial charge in [-0.05, 0) is 19.1 Å². The molecule has 0 saturated heterocycles. The van der Waals surface area contributed by atoms with Gasteiger partial charge < -0.3 is 20.1 Å². The third kappa shape index (κ3) is 2.58. The monoisotopic (exact) mass is 224 g/mol. The van der Waals surface area contributed by atoms with E-state index in [0.29, 0.717) is 6.54 Å². The zero-order valence-electron chi connectivity index (χ0n) is 10.4. The lowest BCUT2D eigenvalue weighted by molar-refractivity contribution is 0.394. The van der Waals surface area contributed by atoms with Gasteiger partial charge in [-0.15, -0.1) is 0 Å². The third-order valence-corrected chi connectivity index (χ3v) is 2.77. The Morgan fingerprint density at radius 1 is 1.31 bits per heavy atom. The highest BCUT2D eigenvalue weighted by atomic mass is 16.5. The van der Waals surface area contributed by atoms with Crippen molar-refractivity contribution in [1.29, 1.82) is 0 Å². The van der Waals surface area contributed by atoms with Crippen molar-refractivity contribution < 1.29 is 9.47 Å². The molecule has 0 amide bonds. The van der Waals surface area contributed by atoms with Crippen molar-refractivity contribution in [2.45, 2.75) is 13.0 Å². The number of anilines is 1. The number of benzene rings is 1. The minimum atomic E-state index is 0.266. The van der Waals surface area contributed by atoms with Gasteiger partial charge in [0.05, 0.1) is 19.9 Å². The van der Waals surface area contributed by atoms with Crippen LogP contribution in [0.25, 0.3) is 0 Å². The topological polar surface area (TPSA) is 47.7 Å². The van der Waals surface area contributed by atoms with Gasteiger partial charge in [-0.1, -0.05) is 0 Å². The Labute approximate surface area is 96.9 Å². The maximum Gasteiger partial charge on any atom is 0.145 e. The van der Waals surface area contributed by atoms with E-state index in [2.05, 4.69) is 11.8 Å². The van der Waals surface area contributed by atoms with E-state index < -0.39 is 0 Å². The fraction of sp³-hybridized carbons (Fsp3) is 0.500. The quantitative estimate of drug-likeness (QED) is 0.823. The first-order valence-corrected chi connectivity index (χ1v) is 5.29. The molecule has 0 fully saturated rings. The van der Waals surface area contributed by atoms with Crippen LogP contribution in [0, 0.1) is 0 Å². The Morgan fingerprint density at radius 2 is 2.00 bits per heavy atom. The van der Waals surface area contributed by atoms with Crippen LogP contribution >= 0.6 is 0 Å². The van der Waals surface area contributed by atoms with Gasteiger partial charge in [0, 0.05) is 25.7 Å². The van der Waals surface area contributed by atoms with E-state index in [1.54, 1.807) is 14.2 Å². The number of ether oxygens (including phenoxy) is 2. The number of nitrogens with zero attached hydrogens (tertiary/aromatic N) is 1. The van der Waals surface area contributed by atoms with Gasteiger partial charge in [-0.2, -0.15) is 0 Å². The van der Waals surface area contributed by atoms with Crippen LogP contribution < -0.4 is 20.1 Å². The molecule has 0 bridgehead atoms. The van der Waals surface area contributed by atoms with E-state index in [-0.39, 0.29) is 6.04 Å². The number of likely N-dealkylation sites (N-methyl/N-ethyl adjacent to an activating group) is 1. The smallest absolute Gasteiger partial charge is 0.145 e. The first-order valence-electron chi connectivity index (χ1n) is 5.29. The number of hydrogen-bond acceptors (Lipinski definition) is 4. The molecule has 0 aliphatic heterocycles. The Bertz CT molecular complexity index is 342.